The molecule has 4 atom stereocenters. The van der Waals surface area contributed by atoms with Gasteiger partial charge in [0.05, 0.1) is 12.7 Å². The van der Waals surface area contributed by atoms with E-state index in [4.69, 9.17) is 4.74 Å². The number of carbonyl (C=O) groups excluding carboxylic acids is 1. The van der Waals surface area contributed by atoms with Crippen LogP contribution < -0.4 is 0 Å². The first-order chi connectivity index (χ1) is 17.6. The summed E-state index contributed by atoms with van der Waals surface area (Å²) in [7, 11) is 0. The van der Waals surface area contributed by atoms with Crippen LogP contribution in [0.5, 0.6) is 0 Å². The lowest BCUT2D eigenvalue weighted by Gasteiger charge is -2.49. The van der Waals surface area contributed by atoms with Gasteiger partial charge >= 0.3 is 0 Å². The number of allylic oxidation sites excluding steroid dienone is 5. The summed E-state index contributed by atoms with van der Waals surface area (Å²) in [6.07, 6.45) is 11.4. The van der Waals surface area contributed by atoms with Crippen LogP contribution in [0.1, 0.15) is 56.3 Å². The van der Waals surface area contributed by atoms with E-state index in [1.807, 2.05) is 30.3 Å². The van der Waals surface area contributed by atoms with Crippen LogP contribution in [0.15, 0.2) is 93.9 Å². The Labute approximate surface area is 218 Å². The normalized spacial score (nSPS) is 29.2. The second-order valence-corrected chi connectivity index (χ2v) is 11.6. The van der Waals surface area contributed by atoms with Gasteiger partial charge in [0.25, 0.3) is 0 Å². The summed E-state index contributed by atoms with van der Waals surface area (Å²) < 4.78 is 6.61. The summed E-state index contributed by atoms with van der Waals surface area (Å²) in [5.74, 6) is 7.88. The first kappa shape index (κ1) is 23.6. The number of thioether (sulfide) groups is 1. The monoisotopic (exact) mass is 492 g/mol. The molecule has 1 heterocycles. The lowest BCUT2D eigenvalue weighted by Crippen LogP contribution is -2.46. The molecule has 1 aliphatic heterocycles. The largest absolute Gasteiger partial charge is 0.373 e. The topological polar surface area (TPSA) is 26.3 Å². The fraction of sp³-hybridized carbons (Fsp3) is 0.364. The van der Waals surface area contributed by atoms with Crippen molar-refractivity contribution >= 4 is 17.5 Å². The number of rotatable bonds is 2. The summed E-state index contributed by atoms with van der Waals surface area (Å²) in [6.45, 7) is 2.93. The molecule has 2 aromatic rings. The molecule has 36 heavy (non-hydrogen) atoms. The molecule has 0 aromatic heterocycles. The minimum Gasteiger partial charge on any atom is -0.373 e. The number of Topliss-reactive ketones (excluding diaryl/α,β-unsaturated/α-hetero) is 1. The van der Waals surface area contributed by atoms with E-state index in [2.05, 4.69) is 61.4 Å². The molecule has 3 heteroatoms. The van der Waals surface area contributed by atoms with Gasteiger partial charge in [-0.25, -0.2) is 0 Å². The highest BCUT2D eigenvalue weighted by Gasteiger charge is 2.51. The zero-order chi connectivity index (χ0) is 24.7. The predicted octanol–water partition coefficient (Wildman–Crippen LogP) is 7.48. The van der Waals surface area contributed by atoms with Gasteiger partial charge in [-0.15, -0.1) is 11.8 Å². The van der Waals surface area contributed by atoms with E-state index in [0.29, 0.717) is 24.7 Å². The number of carbonyl (C=O) groups is 1. The first-order valence-electron chi connectivity index (χ1n) is 13.1. The second kappa shape index (κ2) is 9.58. The van der Waals surface area contributed by atoms with E-state index in [9.17, 15) is 4.79 Å². The Morgan fingerprint density at radius 3 is 2.61 bits per heavy atom. The third kappa shape index (κ3) is 4.11. The third-order valence-electron chi connectivity index (χ3n) is 8.60. The number of benzene rings is 2. The smallest absolute Gasteiger partial charge is 0.163 e. The van der Waals surface area contributed by atoms with Gasteiger partial charge in [-0.05, 0) is 84.7 Å². The fourth-order valence-corrected chi connectivity index (χ4v) is 6.97. The van der Waals surface area contributed by atoms with Gasteiger partial charge < -0.3 is 4.74 Å². The van der Waals surface area contributed by atoms with E-state index in [-0.39, 0.29) is 17.4 Å². The Morgan fingerprint density at radius 2 is 1.83 bits per heavy atom. The molecule has 0 N–H and O–H groups in total. The Bertz CT molecular complexity index is 1340. The Morgan fingerprint density at radius 1 is 1.03 bits per heavy atom. The van der Waals surface area contributed by atoms with Crippen LogP contribution in [0.25, 0.3) is 0 Å². The number of hydrogen-bond donors (Lipinski definition) is 0. The maximum absolute atomic E-state index is 13.8. The predicted molar refractivity (Wildman–Crippen MR) is 147 cm³/mol. The van der Waals surface area contributed by atoms with Crippen molar-refractivity contribution in [2.24, 2.45) is 17.3 Å². The lowest BCUT2D eigenvalue weighted by atomic mass is 9.59. The molecule has 0 radical (unpaired) electrons. The van der Waals surface area contributed by atoms with Crippen LogP contribution in [0.2, 0.25) is 0 Å². The summed E-state index contributed by atoms with van der Waals surface area (Å²) in [6, 6.07) is 18.9. The van der Waals surface area contributed by atoms with E-state index in [1.54, 1.807) is 11.8 Å². The quantitative estimate of drug-likeness (QED) is 0.321. The van der Waals surface area contributed by atoms with Crippen molar-refractivity contribution in [2.75, 3.05) is 12.9 Å². The van der Waals surface area contributed by atoms with Gasteiger partial charge in [-0.3, -0.25) is 4.79 Å². The van der Waals surface area contributed by atoms with Gasteiger partial charge in [0.15, 0.2) is 5.78 Å². The Balaban J connectivity index is 1.41. The minimum absolute atomic E-state index is 0.0287. The zero-order valence-electron chi connectivity index (χ0n) is 21.1. The molecule has 6 rings (SSSR count). The molecule has 0 bridgehead atoms. The molecule has 0 amide bonds. The van der Waals surface area contributed by atoms with Gasteiger partial charge in [-0.2, -0.15) is 0 Å². The molecule has 1 fully saturated rings. The molecule has 0 saturated carbocycles. The van der Waals surface area contributed by atoms with Crippen molar-refractivity contribution in [1.29, 1.82) is 0 Å². The van der Waals surface area contributed by atoms with E-state index in [0.717, 1.165) is 48.0 Å². The molecule has 182 valence electrons. The summed E-state index contributed by atoms with van der Waals surface area (Å²) in [5, 5.41) is 0. The van der Waals surface area contributed by atoms with Gasteiger partial charge in [0.1, 0.15) is 0 Å². The molecular formula is C33H32O2S. The maximum Gasteiger partial charge on any atom is 0.163 e. The summed E-state index contributed by atoms with van der Waals surface area (Å²) in [4.78, 5) is 15.1. The highest BCUT2D eigenvalue weighted by molar-refractivity contribution is 7.98. The van der Waals surface area contributed by atoms with Gasteiger partial charge in [-0.1, -0.05) is 61.2 Å². The third-order valence-corrected chi connectivity index (χ3v) is 9.35. The van der Waals surface area contributed by atoms with Crippen molar-refractivity contribution in [2.45, 2.75) is 50.0 Å². The molecule has 2 aromatic carbocycles. The van der Waals surface area contributed by atoms with E-state index >= 15 is 0 Å². The molecule has 0 spiro atoms. The average Bonchev–Trinajstić information content (AvgIpc) is 3.31. The molecule has 4 unspecified atom stereocenters. The van der Waals surface area contributed by atoms with Crippen LogP contribution in [0.4, 0.5) is 0 Å². The van der Waals surface area contributed by atoms with Crippen LogP contribution >= 0.6 is 11.8 Å². The highest BCUT2D eigenvalue weighted by atomic mass is 32.2. The molecule has 3 aliphatic carbocycles. The van der Waals surface area contributed by atoms with Crippen molar-refractivity contribution in [1.82, 2.24) is 0 Å². The number of ether oxygens (including phenoxy) is 1. The minimum atomic E-state index is -0.228. The summed E-state index contributed by atoms with van der Waals surface area (Å²) >= 11 is 1.75. The van der Waals surface area contributed by atoms with Crippen LogP contribution in [-0.4, -0.2) is 18.6 Å². The van der Waals surface area contributed by atoms with Crippen LogP contribution in [0.3, 0.4) is 0 Å². The lowest BCUT2D eigenvalue weighted by molar-refractivity contribution is -0.125. The van der Waals surface area contributed by atoms with Crippen molar-refractivity contribution in [3.05, 3.63) is 100 Å². The zero-order valence-corrected chi connectivity index (χ0v) is 21.9. The average molecular weight is 493 g/mol. The van der Waals surface area contributed by atoms with Crippen molar-refractivity contribution < 1.29 is 9.53 Å². The van der Waals surface area contributed by atoms with Crippen LogP contribution in [-0.2, 0) is 9.53 Å². The molecule has 4 aliphatic rings. The van der Waals surface area contributed by atoms with E-state index in [1.165, 1.54) is 16.0 Å². The maximum atomic E-state index is 13.8. The van der Waals surface area contributed by atoms with E-state index < -0.39 is 0 Å². The van der Waals surface area contributed by atoms with Gasteiger partial charge in [0, 0.05) is 33.4 Å². The van der Waals surface area contributed by atoms with Crippen LogP contribution in [0, 0.1) is 29.1 Å². The van der Waals surface area contributed by atoms with Crippen molar-refractivity contribution in [3.63, 3.8) is 0 Å². The molecule has 2 nitrogen and oxygen atoms in total. The number of hydrogen-bond acceptors (Lipinski definition) is 3. The standard InChI is InChI=1S/C33H32O2S/c1-33-21-35-30(24-15-17-27(36-2)18-16-24)20-26(33)19-29(34)31-28-10-6-9-23(28)13-14-25(32(31)33)12-11-22-7-4-3-5-8-22/h3-5,7-8,10,14-18,23,26,30H,6,9,13,19-21H2,1-2H3. The SMILES string of the molecule is CSc1ccc(C2CC3CC(=O)C4=C(C(C#Cc5ccccc5)=CCC5CCC=C45)C3(C)CO2)cc1. The summed E-state index contributed by atoms with van der Waals surface area (Å²) in [5.41, 5.74) is 6.41. The Kier molecular flexibility index (Phi) is 6.28. The first-order valence-corrected chi connectivity index (χ1v) is 14.3. The second-order valence-electron chi connectivity index (χ2n) is 10.7. The molecule has 1 saturated heterocycles. The van der Waals surface area contributed by atoms with Crippen molar-refractivity contribution in [3.8, 4) is 11.8 Å². The highest BCUT2D eigenvalue weighted by Crippen LogP contribution is 2.57. The molecular weight excluding hydrogens is 460 g/mol. The van der Waals surface area contributed by atoms with Gasteiger partial charge in [0.2, 0.25) is 0 Å². The number of fused-ring (bicyclic) bond motifs is 4. The Hall–Kier alpha value is -2.80. The number of ketones is 1. The fourth-order valence-electron chi connectivity index (χ4n) is 6.56.